The van der Waals surface area contributed by atoms with Crippen LogP contribution in [0.1, 0.15) is 12.1 Å². The molecule has 1 aromatic rings. The number of nitrogens with zero attached hydrogens (tertiary/aromatic N) is 3. The van der Waals surface area contributed by atoms with Crippen molar-refractivity contribution in [1.29, 1.82) is 5.26 Å². The quantitative estimate of drug-likeness (QED) is 0.638. The van der Waals surface area contributed by atoms with E-state index in [1.54, 1.807) is 6.20 Å². The van der Waals surface area contributed by atoms with Crippen molar-refractivity contribution in [3.63, 3.8) is 0 Å². The monoisotopic (exact) mass is 173 g/mol. The second kappa shape index (κ2) is 3.23. The highest BCUT2D eigenvalue weighted by Gasteiger charge is 2.21. The SMILES string of the molecule is N#CC1CC(c2ccccn2)=NO1. The van der Waals surface area contributed by atoms with Crippen molar-refractivity contribution >= 4 is 5.71 Å². The number of aromatic nitrogens is 1. The molecular weight excluding hydrogens is 166 g/mol. The number of oxime groups is 1. The molecule has 13 heavy (non-hydrogen) atoms. The van der Waals surface area contributed by atoms with Crippen molar-refractivity contribution in [1.82, 2.24) is 4.98 Å². The molecule has 64 valence electrons. The van der Waals surface area contributed by atoms with Gasteiger partial charge < -0.3 is 4.84 Å². The van der Waals surface area contributed by atoms with Gasteiger partial charge in [-0.2, -0.15) is 5.26 Å². The zero-order valence-corrected chi connectivity index (χ0v) is 6.84. The second-order valence-corrected chi connectivity index (χ2v) is 2.68. The molecule has 1 aliphatic heterocycles. The van der Waals surface area contributed by atoms with Crippen LogP contribution in [0.5, 0.6) is 0 Å². The van der Waals surface area contributed by atoms with Crippen LogP contribution < -0.4 is 0 Å². The van der Waals surface area contributed by atoms with Crippen molar-refractivity contribution < 1.29 is 4.84 Å². The van der Waals surface area contributed by atoms with E-state index in [4.69, 9.17) is 10.1 Å². The van der Waals surface area contributed by atoms with Gasteiger partial charge in [-0.3, -0.25) is 4.98 Å². The topological polar surface area (TPSA) is 58.3 Å². The summed E-state index contributed by atoms with van der Waals surface area (Å²) in [6.07, 6.45) is 1.77. The summed E-state index contributed by atoms with van der Waals surface area (Å²) in [6.45, 7) is 0. The molecule has 4 nitrogen and oxygen atoms in total. The maximum Gasteiger partial charge on any atom is 0.218 e. The highest BCUT2D eigenvalue weighted by atomic mass is 16.6. The Labute approximate surface area is 75.5 Å². The molecule has 0 amide bonds. The summed E-state index contributed by atoms with van der Waals surface area (Å²) in [7, 11) is 0. The summed E-state index contributed by atoms with van der Waals surface area (Å²) in [5.74, 6) is 0. The van der Waals surface area contributed by atoms with Gasteiger partial charge in [0, 0.05) is 12.6 Å². The van der Waals surface area contributed by atoms with Crippen molar-refractivity contribution in [3.8, 4) is 6.07 Å². The first-order valence-corrected chi connectivity index (χ1v) is 3.94. The molecule has 0 aromatic carbocycles. The average molecular weight is 173 g/mol. The van der Waals surface area contributed by atoms with Gasteiger partial charge in [0.15, 0.2) is 0 Å². The highest BCUT2D eigenvalue weighted by Crippen LogP contribution is 2.13. The van der Waals surface area contributed by atoms with E-state index in [2.05, 4.69) is 10.1 Å². The van der Waals surface area contributed by atoms with Gasteiger partial charge in [-0.1, -0.05) is 11.2 Å². The van der Waals surface area contributed by atoms with Crippen LogP contribution in [0, 0.1) is 11.3 Å². The minimum absolute atomic E-state index is 0.447. The van der Waals surface area contributed by atoms with Crippen LogP contribution in [-0.2, 0) is 4.84 Å². The smallest absolute Gasteiger partial charge is 0.218 e. The van der Waals surface area contributed by atoms with Gasteiger partial charge in [-0.25, -0.2) is 0 Å². The molecule has 2 rings (SSSR count). The van der Waals surface area contributed by atoms with E-state index < -0.39 is 6.10 Å². The Morgan fingerprint density at radius 2 is 2.46 bits per heavy atom. The molecule has 1 aromatic heterocycles. The molecule has 4 heteroatoms. The van der Waals surface area contributed by atoms with Crippen molar-refractivity contribution in [2.75, 3.05) is 0 Å². The summed E-state index contributed by atoms with van der Waals surface area (Å²) in [5.41, 5.74) is 1.52. The van der Waals surface area contributed by atoms with Gasteiger partial charge in [-0.15, -0.1) is 0 Å². The Morgan fingerprint density at radius 1 is 1.54 bits per heavy atom. The molecule has 0 N–H and O–H groups in total. The van der Waals surface area contributed by atoms with Crippen LogP contribution in [0.2, 0.25) is 0 Å². The summed E-state index contributed by atoms with van der Waals surface area (Å²) >= 11 is 0. The number of nitriles is 1. The van der Waals surface area contributed by atoms with Gasteiger partial charge in [0.25, 0.3) is 0 Å². The van der Waals surface area contributed by atoms with Crippen LogP contribution in [0.15, 0.2) is 29.6 Å². The molecule has 0 spiro atoms. The number of pyridine rings is 1. The Kier molecular flexibility index (Phi) is 1.93. The first-order chi connectivity index (χ1) is 6.40. The third kappa shape index (κ3) is 1.49. The van der Waals surface area contributed by atoms with E-state index >= 15 is 0 Å². The summed E-state index contributed by atoms with van der Waals surface area (Å²) in [5, 5.41) is 12.4. The molecule has 0 fully saturated rings. The Bertz CT molecular complexity index is 366. The first-order valence-electron chi connectivity index (χ1n) is 3.94. The molecule has 0 radical (unpaired) electrons. The van der Waals surface area contributed by atoms with E-state index in [-0.39, 0.29) is 0 Å². The molecule has 0 aliphatic carbocycles. The van der Waals surface area contributed by atoms with E-state index in [9.17, 15) is 0 Å². The van der Waals surface area contributed by atoms with Crippen LogP contribution in [0.3, 0.4) is 0 Å². The zero-order valence-electron chi connectivity index (χ0n) is 6.84. The average Bonchev–Trinajstić information content (AvgIpc) is 2.67. The fourth-order valence-electron chi connectivity index (χ4n) is 1.13. The van der Waals surface area contributed by atoms with Crippen molar-refractivity contribution in [2.45, 2.75) is 12.5 Å². The van der Waals surface area contributed by atoms with Crippen LogP contribution in [0.25, 0.3) is 0 Å². The van der Waals surface area contributed by atoms with E-state index in [0.717, 1.165) is 11.4 Å². The fourth-order valence-corrected chi connectivity index (χ4v) is 1.13. The molecule has 1 unspecified atom stereocenters. The lowest BCUT2D eigenvalue weighted by atomic mass is 10.1. The van der Waals surface area contributed by atoms with E-state index in [0.29, 0.717) is 6.42 Å². The van der Waals surface area contributed by atoms with Gasteiger partial charge in [0.05, 0.1) is 5.69 Å². The zero-order chi connectivity index (χ0) is 9.10. The number of rotatable bonds is 1. The third-order valence-corrected chi connectivity index (χ3v) is 1.77. The third-order valence-electron chi connectivity index (χ3n) is 1.77. The maximum atomic E-state index is 8.56. The van der Waals surface area contributed by atoms with Crippen LogP contribution in [-0.4, -0.2) is 16.8 Å². The number of hydrogen-bond acceptors (Lipinski definition) is 4. The lowest BCUT2D eigenvalue weighted by Crippen LogP contribution is -2.06. The van der Waals surface area contributed by atoms with E-state index in [1.807, 2.05) is 24.3 Å². The standard InChI is InChI=1S/C9H7N3O/c10-6-7-5-9(12-13-7)8-3-1-2-4-11-8/h1-4,7H,5H2. The largest absolute Gasteiger partial charge is 0.376 e. The summed E-state index contributed by atoms with van der Waals surface area (Å²) in [4.78, 5) is 8.97. The maximum absolute atomic E-state index is 8.56. The van der Waals surface area contributed by atoms with Gasteiger partial charge >= 0.3 is 0 Å². The molecular formula is C9H7N3O. The van der Waals surface area contributed by atoms with Gasteiger partial charge in [0.1, 0.15) is 11.8 Å². The summed E-state index contributed by atoms with van der Waals surface area (Å²) in [6, 6.07) is 7.56. The predicted molar refractivity (Wildman–Crippen MR) is 45.9 cm³/mol. The second-order valence-electron chi connectivity index (χ2n) is 2.68. The first kappa shape index (κ1) is 7.74. The highest BCUT2D eigenvalue weighted by molar-refractivity contribution is 5.99. The van der Waals surface area contributed by atoms with Gasteiger partial charge in [-0.05, 0) is 12.1 Å². The molecule has 0 saturated carbocycles. The Hall–Kier alpha value is -1.89. The normalized spacial score (nSPS) is 20.2. The van der Waals surface area contributed by atoms with Crippen molar-refractivity contribution in [2.24, 2.45) is 5.16 Å². The van der Waals surface area contributed by atoms with Crippen molar-refractivity contribution in [3.05, 3.63) is 30.1 Å². The van der Waals surface area contributed by atoms with Crippen LogP contribution in [0.4, 0.5) is 0 Å². The van der Waals surface area contributed by atoms with E-state index in [1.165, 1.54) is 0 Å². The minimum atomic E-state index is -0.447. The summed E-state index contributed by atoms with van der Waals surface area (Å²) < 4.78 is 0. The molecule has 1 aliphatic rings. The number of hydrogen-bond donors (Lipinski definition) is 0. The predicted octanol–water partition coefficient (Wildman–Crippen LogP) is 1.10. The molecule has 2 heterocycles. The van der Waals surface area contributed by atoms with Crippen LogP contribution >= 0.6 is 0 Å². The minimum Gasteiger partial charge on any atom is -0.376 e. The Balaban J connectivity index is 2.18. The lowest BCUT2D eigenvalue weighted by Gasteiger charge is -1.94. The lowest BCUT2D eigenvalue weighted by molar-refractivity contribution is 0.125. The molecule has 1 atom stereocenters. The molecule has 0 saturated heterocycles. The Morgan fingerprint density at radius 3 is 3.08 bits per heavy atom. The molecule has 0 bridgehead atoms. The van der Waals surface area contributed by atoms with Gasteiger partial charge in [0.2, 0.25) is 6.10 Å². The fraction of sp³-hybridized carbons (Fsp3) is 0.222.